The smallest absolute Gasteiger partial charge is 0.410 e. The largest absolute Gasteiger partial charge is 0.444 e. The van der Waals surface area contributed by atoms with Crippen molar-refractivity contribution in [3.05, 3.63) is 28.5 Å². The van der Waals surface area contributed by atoms with Gasteiger partial charge in [0.15, 0.2) is 0 Å². The number of hydrogen-bond donors (Lipinski definition) is 1. The Hall–Kier alpha value is -1.14. The number of ether oxygens (including phenoxy) is 1. The van der Waals surface area contributed by atoms with E-state index in [2.05, 4.69) is 34.8 Å². The van der Waals surface area contributed by atoms with E-state index < -0.39 is 5.60 Å². The van der Waals surface area contributed by atoms with Gasteiger partial charge in [0.25, 0.3) is 0 Å². The number of nitrogens with zero attached hydrogens (tertiary/aromatic N) is 2. The lowest BCUT2D eigenvalue weighted by Crippen LogP contribution is -2.45. The maximum absolute atomic E-state index is 12.5. The normalized spacial score (nSPS) is 20.9. The molecule has 1 aromatic heterocycles. The van der Waals surface area contributed by atoms with Crippen LogP contribution in [0.4, 0.5) is 4.79 Å². The summed E-state index contributed by atoms with van der Waals surface area (Å²) in [5, 5.41) is 0. The highest BCUT2D eigenvalue weighted by Crippen LogP contribution is 2.36. The molecular formula is C20H32BrN3O2. The average molecular weight is 426 g/mol. The van der Waals surface area contributed by atoms with Crippen molar-refractivity contribution in [3.8, 4) is 0 Å². The van der Waals surface area contributed by atoms with Gasteiger partial charge in [-0.1, -0.05) is 0 Å². The molecule has 146 valence electrons. The number of carbonyl (C=O) groups excluding carboxylic acids is 1. The van der Waals surface area contributed by atoms with Crippen molar-refractivity contribution in [2.24, 2.45) is 11.7 Å². The van der Waals surface area contributed by atoms with Crippen LogP contribution in [-0.4, -0.2) is 39.7 Å². The number of nitrogens with two attached hydrogens (primary N) is 1. The molecule has 0 saturated carbocycles. The van der Waals surface area contributed by atoms with E-state index in [0.717, 1.165) is 42.4 Å². The summed E-state index contributed by atoms with van der Waals surface area (Å²) in [4.78, 5) is 18.8. The highest BCUT2D eigenvalue weighted by atomic mass is 79.9. The molecule has 0 spiro atoms. The van der Waals surface area contributed by atoms with Gasteiger partial charge in [-0.15, -0.1) is 0 Å². The molecule has 2 N–H and O–H groups in total. The number of aromatic nitrogens is 1. The summed E-state index contributed by atoms with van der Waals surface area (Å²) in [6, 6.07) is 4.09. The molecule has 26 heavy (non-hydrogen) atoms. The molecule has 6 heteroatoms. The SMILES string of the molecule is CC(C)(C)OC(=O)N1C[C@@H](CCC(N)Cc2ccc(Br)cn2)CC1(C)C. The van der Waals surface area contributed by atoms with E-state index >= 15 is 0 Å². The second kappa shape index (κ2) is 8.26. The molecule has 1 aliphatic heterocycles. The lowest BCUT2D eigenvalue weighted by atomic mass is 9.91. The van der Waals surface area contributed by atoms with E-state index in [1.165, 1.54) is 0 Å². The number of likely N-dealkylation sites (tertiary alicyclic amines) is 1. The van der Waals surface area contributed by atoms with Gasteiger partial charge in [-0.3, -0.25) is 4.98 Å². The minimum absolute atomic E-state index is 0.0855. The maximum atomic E-state index is 12.5. The van der Waals surface area contributed by atoms with Gasteiger partial charge in [0.1, 0.15) is 5.60 Å². The number of carbonyl (C=O) groups is 1. The first-order valence-corrected chi connectivity index (χ1v) is 10.1. The fourth-order valence-corrected chi connectivity index (χ4v) is 3.80. The Bertz CT molecular complexity index is 610. The molecule has 0 bridgehead atoms. The van der Waals surface area contributed by atoms with Gasteiger partial charge < -0.3 is 15.4 Å². The maximum Gasteiger partial charge on any atom is 0.410 e. The molecule has 2 atom stereocenters. The van der Waals surface area contributed by atoms with Gasteiger partial charge in [-0.2, -0.15) is 0 Å². The number of amides is 1. The van der Waals surface area contributed by atoms with Crippen molar-refractivity contribution in [1.82, 2.24) is 9.88 Å². The van der Waals surface area contributed by atoms with Crippen LogP contribution in [-0.2, 0) is 11.2 Å². The number of halogens is 1. The van der Waals surface area contributed by atoms with Crippen molar-refractivity contribution in [1.29, 1.82) is 0 Å². The lowest BCUT2D eigenvalue weighted by molar-refractivity contribution is 0.0131. The van der Waals surface area contributed by atoms with Gasteiger partial charge in [0.2, 0.25) is 0 Å². The summed E-state index contributed by atoms with van der Waals surface area (Å²) in [7, 11) is 0. The molecule has 1 aromatic rings. The molecule has 2 heterocycles. The summed E-state index contributed by atoms with van der Waals surface area (Å²) >= 11 is 3.40. The van der Waals surface area contributed by atoms with Crippen LogP contribution in [0, 0.1) is 5.92 Å². The van der Waals surface area contributed by atoms with E-state index in [0.29, 0.717) is 5.92 Å². The number of pyridine rings is 1. The second-order valence-corrected chi connectivity index (χ2v) is 9.90. The summed E-state index contributed by atoms with van der Waals surface area (Å²) in [6.07, 6.45) is 5.30. The lowest BCUT2D eigenvalue weighted by Gasteiger charge is -2.33. The van der Waals surface area contributed by atoms with Crippen molar-refractivity contribution < 1.29 is 9.53 Å². The Morgan fingerprint density at radius 3 is 2.73 bits per heavy atom. The second-order valence-electron chi connectivity index (χ2n) is 8.98. The van der Waals surface area contributed by atoms with Crippen molar-refractivity contribution in [2.45, 2.75) is 77.5 Å². The third-order valence-electron chi connectivity index (χ3n) is 4.78. The van der Waals surface area contributed by atoms with Crippen molar-refractivity contribution in [3.63, 3.8) is 0 Å². The summed E-state index contributed by atoms with van der Waals surface area (Å²) in [5.74, 6) is 0.460. The van der Waals surface area contributed by atoms with Crippen LogP contribution in [0.2, 0.25) is 0 Å². The topological polar surface area (TPSA) is 68.5 Å². The fraction of sp³-hybridized carbons (Fsp3) is 0.700. The average Bonchev–Trinajstić information content (AvgIpc) is 2.81. The highest BCUT2D eigenvalue weighted by Gasteiger charge is 2.42. The summed E-state index contributed by atoms with van der Waals surface area (Å²) < 4.78 is 6.55. The van der Waals surface area contributed by atoms with Crippen molar-refractivity contribution in [2.75, 3.05) is 6.54 Å². The van der Waals surface area contributed by atoms with Crippen LogP contribution < -0.4 is 5.73 Å². The van der Waals surface area contributed by atoms with Crippen LogP contribution in [0.15, 0.2) is 22.8 Å². The molecule has 1 saturated heterocycles. The van der Waals surface area contributed by atoms with E-state index in [-0.39, 0.29) is 17.7 Å². The summed E-state index contributed by atoms with van der Waals surface area (Å²) in [6.45, 7) is 10.7. The Morgan fingerprint density at radius 1 is 1.46 bits per heavy atom. The van der Waals surface area contributed by atoms with Gasteiger partial charge >= 0.3 is 6.09 Å². The third kappa shape index (κ3) is 6.23. The number of rotatable bonds is 5. The monoisotopic (exact) mass is 425 g/mol. The molecule has 1 amide bonds. The molecule has 1 unspecified atom stereocenters. The Labute approximate surface area is 165 Å². The standard InChI is InChI=1S/C20H32BrN3O2/c1-19(2,3)26-18(25)24-13-14(11-20(24,4)5)6-8-16(22)10-17-9-7-15(21)12-23-17/h7,9,12,14,16H,6,8,10-11,13,22H2,1-5H3/t14-,16?/m0/s1. The van der Waals surface area contributed by atoms with Crippen LogP contribution in [0.3, 0.4) is 0 Å². The third-order valence-corrected chi connectivity index (χ3v) is 5.25. The Morgan fingerprint density at radius 2 is 2.15 bits per heavy atom. The van der Waals surface area contributed by atoms with Gasteiger partial charge in [-0.25, -0.2) is 4.79 Å². The molecular weight excluding hydrogens is 394 g/mol. The van der Waals surface area contributed by atoms with E-state index in [1.54, 1.807) is 6.20 Å². The first kappa shape index (κ1) is 21.2. The van der Waals surface area contributed by atoms with Crippen LogP contribution in [0.1, 0.15) is 59.6 Å². The Kier molecular flexibility index (Phi) is 6.72. The van der Waals surface area contributed by atoms with Crippen LogP contribution in [0.25, 0.3) is 0 Å². The van der Waals surface area contributed by atoms with E-state index in [1.807, 2.05) is 37.8 Å². The predicted molar refractivity (Wildman–Crippen MR) is 108 cm³/mol. The predicted octanol–water partition coefficient (Wildman–Crippen LogP) is 4.53. The minimum Gasteiger partial charge on any atom is -0.444 e. The van der Waals surface area contributed by atoms with Gasteiger partial charge in [0.05, 0.1) is 0 Å². The number of hydrogen-bond acceptors (Lipinski definition) is 4. The molecule has 2 rings (SSSR count). The molecule has 1 aliphatic rings. The van der Waals surface area contributed by atoms with E-state index in [9.17, 15) is 4.79 Å². The van der Waals surface area contributed by atoms with Crippen LogP contribution >= 0.6 is 15.9 Å². The zero-order chi connectivity index (χ0) is 19.5. The van der Waals surface area contributed by atoms with Gasteiger partial charge in [0, 0.05) is 40.9 Å². The van der Waals surface area contributed by atoms with E-state index in [4.69, 9.17) is 10.5 Å². The molecule has 0 aliphatic carbocycles. The fourth-order valence-electron chi connectivity index (χ4n) is 3.57. The van der Waals surface area contributed by atoms with Crippen molar-refractivity contribution >= 4 is 22.0 Å². The quantitative estimate of drug-likeness (QED) is 0.751. The minimum atomic E-state index is -0.467. The molecule has 0 radical (unpaired) electrons. The summed E-state index contributed by atoms with van der Waals surface area (Å²) in [5.41, 5.74) is 6.68. The van der Waals surface area contributed by atoms with Gasteiger partial charge in [-0.05, 0) is 87.9 Å². The zero-order valence-corrected chi connectivity index (χ0v) is 18.2. The first-order chi connectivity index (χ1) is 12.0. The first-order valence-electron chi connectivity index (χ1n) is 9.33. The van der Waals surface area contributed by atoms with Crippen LogP contribution in [0.5, 0.6) is 0 Å². The molecule has 5 nitrogen and oxygen atoms in total. The molecule has 0 aromatic carbocycles. The molecule has 1 fully saturated rings. The zero-order valence-electron chi connectivity index (χ0n) is 16.6. The Balaban J connectivity index is 1.84. The highest BCUT2D eigenvalue weighted by molar-refractivity contribution is 9.10.